The Kier molecular flexibility index (Phi) is 3.53. The molecular formula is C15H20N2O2. The average molecular weight is 260 g/mol. The van der Waals surface area contributed by atoms with Crippen LogP contribution in [-0.2, 0) is 9.53 Å². The summed E-state index contributed by atoms with van der Waals surface area (Å²) < 4.78 is 5.74. The number of amides is 1. The van der Waals surface area contributed by atoms with Crippen LogP contribution in [0, 0.1) is 0 Å². The van der Waals surface area contributed by atoms with E-state index in [0.717, 1.165) is 25.0 Å². The summed E-state index contributed by atoms with van der Waals surface area (Å²) >= 11 is 0. The minimum Gasteiger partial charge on any atom is -0.376 e. The van der Waals surface area contributed by atoms with Gasteiger partial charge in [-0.2, -0.15) is 0 Å². The molecule has 3 unspecified atom stereocenters. The van der Waals surface area contributed by atoms with E-state index in [1.54, 1.807) is 0 Å². The van der Waals surface area contributed by atoms with Crippen LogP contribution in [0.4, 0.5) is 0 Å². The molecule has 4 nitrogen and oxygen atoms in total. The highest BCUT2D eigenvalue weighted by Crippen LogP contribution is 2.29. The van der Waals surface area contributed by atoms with Gasteiger partial charge in [-0.15, -0.1) is 0 Å². The van der Waals surface area contributed by atoms with Crippen molar-refractivity contribution in [3.63, 3.8) is 0 Å². The molecule has 0 radical (unpaired) electrons. The van der Waals surface area contributed by atoms with Crippen molar-refractivity contribution in [1.82, 2.24) is 10.2 Å². The van der Waals surface area contributed by atoms with Gasteiger partial charge in [0.2, 0.25) is 5.91 Å². The van der Waals surface area contributed by atoms with Crippen LogP contribution in [0.15, 0.2) is 30.3 Å². The Morgan fingerprint density at radius 3 is 2.84 bits per heavy atom. The van der Waals surface area contributed by atoms with E-state index in [1.807, 2.05) is 23.1 Å². The van der Waals surface area contributed by atoms with Crippen LogP contribution in [-0.4, -0.2) is 36.1 Å². The van der Waals surface area contributed by atoms with E-state index in [-0.39, 0.29) is 24.2 Å². The molecule has 19 heavy (non-hydrogen) atoms. The SMILES string of the molecule is CC(C1CCCO1)N1C(=O)CNC1c1ccccc1. The fraction of sp³-hybridized carbons (Fsp3) is 0.533. The molecule has 0 aromatic heterocycles. The number of ether oxygens (including phenoxy) is 1. The highest BCUT2D eigenvalue weighted by molar-refractivity contribution is 5.81. The van der Waals surface area contributed by atoms with Gasteiger partial charge in [0.25, 0.3) is 0 Å². The van der Waals surface area contributed by atoms with Crippen LogP contribution >= 0.6 is 0 Å². The Morgan fingerprint density at radius 2 is 2.16 bits per heavy atom. The summed E-state index contributed by atoms with van der Waals surface area (Å²) in [5.41, 5.74) is 1.14. The molecule has 2 fully saturated rings. The smallest absolute Gasteiger partial charge is 0.238 e. The number of nitrogens with one attached hydrogen (secondary N) is 1. The molecule has 0 saturated carbocycles. The van der Waals surface area contributed by atoms with E-state index < -0.39 is 0 Å². The van der Waals surface area contributed by atoms with Gasteiger partial charge >= 0.3 is 0 Å². The van der Waals surface area contributed by atoms with Gasteiger partial charge < -0.3 is 9.64 Å². The minimum atomic E-state index is -0.0205. The maximum Gasteiger partial charge on any atom is 0.238 e. The molecule has 1 N–H and O–H groups in total. The first-order valence-corrected chi connectivity index (χ1v) is 6.98. The zero-order valence-electron chi connectivity index (χ0n) is 11.2. The summed E-state index contributed by atoms with van der Waals surface area (Å²) in [5.74, 6) is 0.164. The quantitative estimate of drug-likeness (QED) is 0.899. The summed E-state index contributed by atoms with van der Waals surface area (Å²) in [7, 11) is 0. The van der Waals surface area contributed by atoms with Gasteiger partial charge in [-0.3, -0.25) is 10.1 Å². The lowest BCUT2D eigenvalue weighted by Crippen LogP contribution is -2.44. The van der Waals surface area contributed by atoms with Crippen LogP contribution in [0.1, 0.15) is 31.5 Å². The monoisotopic (exact) mass is 260 g/mol. The largest absolute Gasteiger partial charge is 0.376 e. The number of hydrogen-bond acceptors (Lipinski definition) is 3. The summed E-state index contributed by atoms with van der Waals surface area (Å²) in [6, 6.07) is 10.3. The number of nitrogens with zero attached hydrogens (tertiary/aromatic N) is 1. The summed E-state index contributed by atoms with van der Waals surface area (Å²) in [6.07, 6.45) is 2.30. The Hall–Kier alpha value is -1.39. The molecule has 2 heterocycles. The van der Waals surface area contributed by atoms with Crippen molar-refractivity contribution in [3.8, 4) is 0 Å². The van der Waals surface area contributed by atoms with Crippen molar-refractivity contribution in [3.05, 3.63) is 35.9 Å². The lowest BCUT2D eigenvalue weighted by atomic mass is 10.1. The zero-order chi connectivity index (χ0) is 13.2. The van der Waals surface area contributed by atoms with Crippen molar-refractivity contribution < 1.29 is 9.53 Å². The van der Waals surface area contributed by atoms with Crippen molar-refractivity contribution in [1.29, 1.82) is 0 Å². The van der Waals surface area contributed by atoms with Crippen molar-refractivity contribution in [2.75, 3.05) is 13.2 Å². The third-order valence-electron chi connectivity index (χ3n) is 4.07. The van der Waals surface area contributed by atoms with E-state index in [9.17, 15) is 4.79 Å². The Balaban J connectivity index is 1.82. The molecule has 2 saturated heterocycles. The highest BCUT2D eigenvalue weighted by Gasteiger charge is 2.39. The molecule has 1 aromatic rings. The molecule has 0 bridgehead atoms. The second-order valence-corrected chi connectivity index (χ2v) is 5.29. The average Bonchev–Trinajstić information content (AvgIpc) is 3.08. The molecule has 2 aliphatic heterocycles. The third-order valence-corrected chi connectivity index (χ3v) is 4.07. The first-order chi connectivity index (χ1) is 9.27. The second-order valence-electron chi connectivity index (χ2n) is 5.29. The molecule has 3 rings (SSSR count). The van der Waals surface area contributed by atoms with E-state index in [4.69, 9.17) is 4.74 Å². The molecule has 4 heteroatoms. The Labute approximate surface area is 113 Å². The van der Waals surface area contributed by atoms with E-state index in [1.165, 1.54) is 0 Å². The summed E-state index contributed by atoms with van der Waals surface area (Å²) in [5, 5.41) is 3.30. The van der Waals surface area contributed by atoms with Gasteiger partial charge in [-0.05, 0) is 25.3 Å². The van der Waals surface area contributed by atoms with Gasteiger partial charge in [0.05, 0.1) is 18.7 Å². The molecule has 3 atom stereocenters. The fourth-order valence-electron chi connectivity index (χ4n) is 3.06. The normalized spacial score (nSPS) is 28.9. The third kappa shape index (κ3) is 2.38. The Bertz CT molecular complexity index is 443. The van der Waals surface area contributed by atoms with Crippen molar-refractivity contribution >= 4 is 5.91 Å². The van der Waals surface area contributed by atoms with Gasteiger partial charge in [0.1, 0.15) is 6.17 Å². The van der Waals surface area contributed by atoms with Crippen LogP contribution in [0.5, 0.6) is 0 Å². The number of hydrogen-bond donors (Lipinski definition) is 1. The summed E-state index contributed by atoms with van der Waals surface area (Å²) in [6.45, 7) is 3.33. The van der Waals surface area contributed by atoms with Crippen LogP contribution < -0.4 is 5.32 Å². The van der Waals surface area contributed by atoms with Crippen molar-refractivity contribution in [2.45, 2.75) is 38.1 Å². The van der Waals surface area contributed by atoms with Crippen molar-refractivity contribution in [2.24, 2.45) is 0 Å². The molecular weight excluding hydrogens is 240 g/mol. The number of carbonyl (C=O) groups is 1. The van der Waals surface area contributed by atoms with Crippen LogP contribution in [0.2, 0.25) is 0 Å². The van der Waals surface area contributed by atoms with E-state index in [2.05, 4.69) is 24.4 Å². The molecule has 2 aliphatic rings. The maximum absolute atomic E-state index is 12.2. The van der Waals surface area contributed by atoms with Crippen LogP contribution in [0.3, 0.4) is 0 Å². The fourth-order valence-corrected chi connectivity index (χ4v) is 3.06. The van der Waals surface area contributed by atoms with Gasteiger partial charge in [-0.1, -0.05) is 30.3 Å². The predicted molar refractivity (Wildman–Crippen MR) is 72.5 cm³/mol. The highest BCUT2D eigenvalue weighted by atomic mass is 16.5. The number of carbonyl (C=O) groups excluding carboxylic acids is 1. The number of benzene rings is 1. The Morgan fingerprint density at radius 1 is 1.37 bits per heavy atom. The van der Waals surface area contributed by atoms with Gasteiger partial charge in [0, 0.05) is 6.61 Å². The van der Waals surface area contributed by atoms with Crippen LogP contribution in [0.25, 0.3) is 0 Å². The molecule has 1 amide bonds. The molecule has 0 aliphatic carbocycles. The lowest BCUT2D eigenvalue weighted by molar-refractivity contribution is -0.132. The molecule has 1 aromatic carbocycles. The number of rotatable bonds is 3. The first-order valence-electron chi connectivity index (χ1n) is 6.98. The van der Waals surface area contributed by atoms with Gasteiger partial charge in [-0.25, -0.2) is 0 Å². The first kappa shape index (κ1) is 12.6. The molecule has 102 valence electrons. The zero-order valence-corrected chi connectivity index (χ0v) is 11.2. The lowest BCUT2D eigenvalue weighted by Gasteiger charge is -2.33. The standard InChI is InChI=1S/C15H20N2O2/c1-11(13-8-5-9-19-13)17-14(18)10-16-15(17)12-6-3-2-4-7-12/h2-4,6-7,11,13,15-16H,5,8-10H2,1H3. The minimum absolute atomic E-state index is 0.0205. The van der Waals surface area contributed by atoms with E-state index >= 15 is 0 Å². The van der Waals surface area contributed by atoms with E-state index in [0.29, 0.717) is 6.54 Å². The van der Waals surface area contributed by atoms with Gasteiger partial charge in [0.15, 0.2) is 0 Å². The maximum atomic E-state index is 12.2. The second kappa shape index (κ2) is 5.31. The topological polar surface area (TPSA) is 41.6 Å². The molecule has 0 spiro atoms. The predicted octanol–water partition coefficient (Wildman–Crippen LogP) is 1.68. The summed E-state index contributed by atoms with van der Waals surface area (Å²) in [4.78, 5) is 14.1.